The van der Waals surface area contributed by atoms with Crippen molar-refractivity contribution in [2.45, 2.75) is 39.2 Å². The molecule has 1 N–H and O–H groups in total. The predicted octanol–water partition coefficient (Wildman–Crippen LogP) is 2.57. The van der Waals surface area contributed by atoms with Crippen molar-refractivity contribution in [1.82, 2.24) is 9.78 Å². The van der Waals surface area contributed by atoms with Crippen molar-refractivity contribution in [3.8, 4) is 0 Å². The van der Waals surface area contributed by atoms with Gasteiger partial charge >= 0.3 is 0 Å². The van der Waals surface area contributed by atoms with Gasteiger partial charge in [-0.1, -0.05) is 29.8 Å². The maximum atomic E-state index is 10.1. The minimum absolute atomic E-state index is 0.310. The normalized spacial score (nSPS) is 12.6. The molecular formula is C16H22N2O. The number of aliphatic hydroxyl groups excluding tert-OH is 1. The second-order valence-electron chi connectivity index (χ2n) is 5.29. The summed E-state index contributed by atoms with van der Waals surface area (Å²) in [5.74, 6) is 0. The number of hydrogen-bond donors (Lipinski definition) is 1. The third-order valence-electron chi connectivity index (χ3n) is 3.39. The van der Waals surface area contributed by atoms with Crippen LogP contribution in [-0.4, -0.2) is 21.0 Å². The fourth-order valence-electron chi connectivity index (χ4n) is 2.40. The minimum Gasteiger partial charge on any atom is -0.393 e. The number of rotatable bonds is 5. The lowest BCUT2D eigenvalue weighted by Gasteiger charge is -2.11. The Morgan fingerprint density at radius 3 is 2.68 bits per heavy atom. The second-order valence-corrected chi connectivity index (χ2v) is 5.29. The molecule has 1 aromatic heterocycles. The standard InChI is InChI=1S/C16H22N2O/c1-12-5-4-6-14(9-12)7-8-16(19)11-15-10-13(2)17-18(15)3/h4-6,9-10,16,19H,7-8,11H2,1-3H3. The van der Waals surface area contributed by atoms with Gasteiger partial charge in [-0.3, -0.25) is 4.68 Å². The quantitative estimate of drug-likeness (QED) is 0.895. The Balaban J connectivity index is 1.88. The second kappa shape index (κ2) is 6.02. The lowest BCUT2D eigenvalue weighted by Crippen LogP contribution is -2.14. The van der Waals surface area contributed by atoms with Crippen LogP contribution in [0.4, 0.5) is 0 Å². The Hall–Kier alpha value is -1.61. The zero-order chi connectivity index (χ0) is 13.8. The third-order valence-corrected chi connectivity index (χ3v) is 3.39. The maximum absolute atomic E-state index is 10.1. The van der Waals surface area contributed by atoms with Crippen LogP contribution in [0.15, 0.2) is 30.3 Å². The summed E-state index contributed by atoms with van der Waals surface area (Å²) in [5, 5.41) is 14.4. The highest BCUT2D eigenvalue weighted by Crippen LogP contribution is 2.12. The Labute approximate surface area is 114 Å². The van der Waals surface area contributed by atoms with Gasteiger partial charge in [0.1, 0.15) is 0 Å². The molecule has 0 amide bonds. The summed E-state index contributed by atoms with van der Waals surface area (Å²) < 4.78 is 1.85. The van der Waals surface area contributed by atoms with Crippen molar-refractivity contribution in [2.24, 2.45) is 7.05 Å². The summed E-state index contributed by atoms with van der Waals surface area (Å²) in [5.41, 5.74) is 4.66. The molecule has 2 aromatic rings. The molecule has 3 nitrogen and oxygen atoms in total. The van der Waals surface area contributed by atoms with E-state index in [1.807, 2.05) is 24.7 Å². The lowest BCUT2D eigenvalue weighted by atomic mass is 10.0. The molecule has 3 heteroatoms. The molecular weight excluding hydrogens is 236 g/mol. The highest BCUT2D eigenvalue weighted by Gasteiger charge is 2.10. The van der Waals surface area contributed by atoms with E-state index in [1.54, 1.807) is 0 Å². The molecule has 19 heavy (non-hydrogen) atoms. The van der Waals surface area contributed by atoms with E-state index >= 15 is 0 Å². The Morgan fingerprint density at radius 1 is 1.26 bits per heavy atom. The topological polar surface area (TPSA) is 38.1 Å². The van der Waals surface area contributed by atoms with Crippen LogP contribution < -0.4 is 0 Å². The molecule has 1 heterocycles. The maximum Gasteiger partial charge on any atom is 0.0598 e. The number of aryl methyl sites for hydroxylation is 4. The van der Waals surface area contributed by atoms with Gasteiger partial charge in [0.15, 0.2) is 0 Å². The van der Waals surface area contributed by atoms with Gasteiger partial charge in [-0.25, -0.2) is 0 Å². The van der Waals surface area contributed by atoms with Crippen molar-refractivity contribution < 1.29 is 5.11 Å². The van der Waals surface area contributed by atoms with Gasteiger partial charge in [0, 0.05) is 19.2 Å². The van der Waals surface area contributed by atoms with E-state index in [-0.39, 0.29) is 6.10 Å². The Bertz CT molecular complexity index is 545. The zero-order valence-corrected chi connectivity index (χ0v) is 11.9. The predicted molar refractivity (Wildman–Crippen MR) is 77.2 cm³/mol. The van der Waals surface area contributed by atoms with E-state index < -0.39 is 0 Å². The van der Waals surface area contributed by atoms with Gasteiger partial charge in [-0.05, 0) is 38.3 Å². The third kappa shape index (κ3) is 3.93. The average Bonchev–Trinajstić information content (AvgIpc) is 2.65. The largest absolute Gasteiger partial charge is 0.393 e. The van der Waals surface area contributed by atoms with Crippen molar-refractivity contribution in [2.75, 3.05) is 0 Å². The molecule has 102 valence electrons. The molecule has 0 saturated carbocycles. The number of hydrogen-bond acceptors (Lipinski definition) is 2. The Kier molecular flexibility index (Phi) is 4.38. The molecule has 0 fully saturated rings. The number of aromatic nitrogens is 2. The van der Waals surface area contributed by atoms with E-state index in [9.17, 15) is 5.11 Å². The smallest absolute Gasteiger partial charge is 0.0598 e. The first-order valence-electron chi connectivity index (χ1n) is 6.77. The average molecular weight is 258 g/mol. The van der Waals surface area contributed by atoms with Gasteiger partial charge < -0.3 is 5.11 Å². The summed E-state index contributed by atoms with van der Waals surface area (Å²) in [7, 11) is 1.93. The van der Waals surface area contributed by atoms with Gasteiger partial charge in [-0.2, -0.15) is 5.10 Å². The van der Waals surface area contributed by atoms with Crippen LogP contribution >= 0.6 is 0 Å². The fraction of sp³-hybridized carbons (Fsp3) is 0.438. The van der Waals surface area contributed by atoms with Crippen molar-refractivity contribution in [3.63, 3.8) is 0 Å². The number of aliphatic hydroxyl groups is 1. The highest BCUT2D eigenvalue weighted by atomic mass is 16.3. The molecule has 0 spiro atoms. The minimum atomic E-state index is -0.310. The summed E-state index contributed by atoms with van der Waals surface area (Å²) in [6, 6.07) is 10.5. The van der Waals surface area contributed by atoms with Crippen LogP contribution in [0, 0.1) is 13.8 Å². The zero-order valence-electron chi connectivity index (χ0n) is 11.9. The molecule has 1 atom stereocenters. The first-order chi connectivity index (χ1) is 9.04. The van der Waals surface area contributed by atoms with Crippen LogP contribution in [0.3, 0.4) is 0 Å². The van der Waals surface area contributed by atoms with Gasteiger partial charge in [0.2, 0.25) is 0 Å². The first-order valence-corrected chi connectivity index (χ1v) is 6.77. The van der Waals surface area contributed by atoms with E-state index in [2.05, 4.69) is 36.3 Å². The molecule has 2 rings (SSSR count). The summed E-state index contributed by atoms with van der Waals surface area (Å²) in [6.45, 7) is 4.07. The van der Waals surface area contributed by atoms with Crippen molar-refractivity contribution >= 4 is 0 Å². The van der Waals surface area contributed by atoms with Crippen molar-refractivity contribution in [1.29, 1.82) is 0 Å². The molecule has 1 aromatic carbocycles. The monoisotopic (exact) mass is 258 g/mol. The number of nitrogens with zero attached hydrogens (tertiary/aromatic N) is 2. The molecule has 0 aliphatic carbocycles. The van der Waals surface area contributed by atoms with Gasteiger partial charge in [0.25, 0.3) is 0 Å². The number of benzene rings is 1. The summed E-state index contributed by atoms with van der Waals surface area (Å²) in [6.07, 6.45) is 2.06. The molecule has 0 bridgehead atoms. The van der Waals surface area contributed by atoms with E-state index in [0.717, 1.165) is 24.2 Å². The lowest BCUT2D eigenvalue weighted by molar-refractivity contribution is 0.162. The van der Waals surface area contributed by atoms with Gasteiger partial charge in [-0.15, -0.1) is 0 Å². The summed E-state index contributed by atoms with van der Waals surface area (Å²) >= 11 is 0. The summed E-state index contributed by atoms with van der Waals surface area (Å²) in [4.78, 5) is 0. The van der Waals surface area contributed by atoms with Crippen LogP contribution in [0.2, 0.25) is 0 Å². The Morgan fingerprint density at radius 2 is 2.05 bits per heavy atom. The van der Waals surface area contributed by atoms with Crippen LogP contribution in [0.1, 0.15) is 28.9 Å². The molecule has 0 radical (unpaired) electrons. The molecule has 0 saturated heterocycles. The molecule has 1 unspecified atom stereocenters. The molecule has 0 aliphatic rings. The van der Waals surface area contributed by atoms with Gasteiger partial charge in [0.05, 0.1) is 11.8 Å². The molecule has 0 aliphatic heterocycles. The van der Waals surface area contributed by atoms with E-state index in [1.165, 1.54) is 11.1 Å². The van der Waals surface area contributed by atoms with Crippen LogP contribution in [0.5, 0.6) is 0 Å². The van der Waals surface area contributed by atoms with Crippen LogP contribution in [0.25, 0.3) is 0 Å². The highest BCUT2D eigenvalue weighted by molar-refractivity contribution is 5.22. The van der Waals surface area contributed by atoms with Crippen LogP contribution in [-0.2, 0) is 19.9 Å². The van der Waals surface area contributed by atoms with E-state index in [0.29, 0.717) is 6.42 Å². The fourth-order valence-corrected chi connectivity index (χ4v) is 2.40. The van der Waals surface area contributed by atoms with E-state index in [4.69, 9.17) is 0 Å². The van der Waals surface area contributed by atoms with Crippen molar-refractivity contribution in [3.05, 3.63) is 52.8 Å². The SMILES string of the molecule is Cc1cccc(CCC(O)Cc2cc(C)nn2C)c1. The first kappa shape index (κ1) is 13.8.